The van der Waals surface area contributed by atoms with Gasteiger partial charge in [-0.25, -0.2) is 9.59 Å². The zero-order valence-electron chi connectivity index (χ0n) is 8.10. The van der Waals surface area contributed by atoms with Crippen molar-refractivity contribution in [2.45, 2.75) is 25.7 Å². The van der Waals surface area contributed by atoms with Crippen LogP contribution < -0.4 is 0 Å². The molecule has 15 heavy (non-hydrogen) atoms. The fourth-order valence-electron chi connectivity index (χ4n) is 1.41. The van der Waals surface area contributed by atoms with Crippen molar-refractivity contribution in [1.82, 2.24) is 0 Å². The van der Waals surface area contributed by atoms with Gasteiger partial charge >= 0.3 is 11.9 Å². The van der Waals surface area contributed by atoms with Gasteiger partial charge in [-0.1, -0.05) is 0 Å². The van der Waals surface area contributed by atoms with E-state index in [2.05, 4.69) is 11.4 Å². The topological polar surface area (TPSA) is 74.6 Å². The van der Waals surface area contributed by atoms with Gasteiger partial charge in [-0.15, -0.1) is 11.3 Å². The molecule has 0 aromatic carbocycles. The number of hydrogen-bond donors (Lipinski definition) is 2. The smallest absolute Gasteiger partial charge is 0.414 e. The highest BCUT2D eigenvalue weighted by atomic mass is 32.1. The Morgan fingerprint density at radius 1 is 1.13 bits per heavy atom. The number of carbonyl (C=O) groups is 2. The number of hydrogen-bond acceptors (Lipinski definition) is 3. The molecule has 2 N–H and O–H groups in total. The first kappa shape index (κ1) is 11.7. The van der Waals surface area contributed by atoms with Crippen LogP contribution in [0.5, 0.6) is 0 Å². The lowest BCUT2D eigenvalue weighted by atomic mass is 10.00. The predicted octanol–water partition coefficient (Wildman–Crippen LogP) is 1.78. The summed E-state index contributed by atoms with van der Waals surface area (Å²) in [6.45, 7) is 0. The first-order valence-corrected chi connectivity index (χ1v) is 5.50. The minimum Gasteiger partial charge on any atom is -0.473 e. The van der Waals surface area contributed by atoms with Crippen LogP contribution in [0.2, 0.25) is 0 Å². The number of aliphatic carboxylic acids is 2. The Bertz CT molecular complexity index is 324. The van der Waals surface area contributed by atoms with Gasteiger partial charge in [0.2, 0.25) is 0 Å². The number of rotatable bonds is 0. The minimum atomic E-state index is -1.82. The SMILES string of the molecule is O=C(O)C(=O)O.c1cc2c(s1)CCCC2. The molecule has 1 aromatic heterocycles. The Hall–Kier alpha value is -1.36. The lowest BCUT2D eigenvalue weighted by Crippen LogP contribution is -2.09. The van der Waals surface area contributed by atoms with Gasteiger partial charge in [-0.3, -0.25) is 0 Å². The molecule has 0 radical (unpaired) electrons. The number of aryl methyl sites for hydroxylation is 2. The maximum Gasteiger partial charge on any atom is 0.414 e. The molecule has 0 spiro atoms. The molecule has 5 heteroatoms. The van der Waals surface area contributed by atoms with Gasteiger partial charge in [-0.2, -0.15) is 0 Å². The second-order valence-corrected chi connectivity index (χ2v) is 4.19. The minimum absolute atomic E-state index is 1.33. The fraction of sp³-hybridized carbons (Fsp3) is 0.400. The highest BCUT2D eigenvalue weighted by molar-refractivity contribution is 7.10. The third-order valence-electron chi connectivity index (χ3n) is 2.12. The molecule has 0 fully saturated rings. The van der Waals surface area contributed by atoms with Gasteiger partial charge in [0.15, 0.2) is 0 Å². The third-order valence-corrected chi connectivity index (χ3v) is 3.14. The third kappa shape index (κ3) is 3.71. The highest BCUT2D eigenvalue weighted by Gasteiger charge is 2.08. The summed E-state index contributed by atoms with van der Waals surface area (Å²) in [4.78, 5) is 19.8. The lowest BCUT2D eigenvalue weighted by Gasteiger charge is -2.08. The molecule has 1 aliphatic rings. The number of fused-ring (bicyclic) bond motifs is 1. The summed E-state index contributed by atoms with van der Waals surface area (Å²) in [5.41, 5.74) is 1.62. The zero-order chi connectivity index (χ0) is 11.3. The van der Waals surface area contributed by atoms with Gasteiger partial charge in [0.05, 0.1) is 0 Å². The van der Waals surface area contributed by atoms with E-state index in [-0.39, 0.29) is 0 Å². The molecule has 0 amide bonds. The molecule has 1 aromatic rings. The standard InChI is InChI=1S/C8H10S.C2H2O4/c1-2-4-8-7(3-1)5-6-9-8;3-1(4)2(5)6/h5-6H,1-4H2;(H,3,4)(H,5,6). The van der Waals surface area contributed by atoms with Crippen molar-refractivity contribution in [1.29, 1.82) is 0 Å². The quantitative estimate of drug-likeness (QED) is 0.664. The van der Waals surface area contributed by atoms with Crippen LogP contribution in [-0.4, -0.2) is 22.2 Å². The molecule has 1 heterocycles. The molecule has 0 bridgehead atoms. The number of thiophene rings is 1. The average Bonchev–Trinajstić information content (AvgIpc) is 2.66. The summed E-state index contributed by atoms with van der Waals surface area (Å²) in [5, 5.41) is 17.0. The Morgan fingerprint density at radius 3 is 2.27 bits per heavy atom. The van der Waals surface area contributed by atoms with E-state index >= 15 is 0 Å². The van der Waals surface area contributed by atoms with Crippen molar-refractivity contribution in [3.05, 3.63) is 21.9 Å². The summed E-state index contributed by atoms with van der Waals surface area (Å²) in [6, 6.07) is 2.28. The summed E-state index contributed by atoms with van der Waals surface area (Å²) < 4.78 is 0. The van der Waals surface area contributed by atoms with Gasteiger partial charge in [0.1, 0.15) is 0 Å². The van der Waals surface area contributed by atoms with Crippen molar-refractivity contribution in [3.63, 3.8) is 0 Å². The Labute approximate surface area is 91.2 Å². The number of carboxylic acid groups (broad SMARTS) is 2. The highest BCUT2D eigenvalue weighted by Crippen LogP contribution is 2.25. The summed E-state index contributed by atoms with van der Waals surface area (Å²) in [7, 11) is 0. The van der Waals surface area contributed by atoms with E-state index < -0.39 is 11.9 Å². The largest absolute Gasteiger partial charge is 0.473 e. The molecular weight excluding hydrogens is 216 g/mol. The van der Waals surface area contributed by atoms with Crippen molar-refractivity contribution in [3.8, 4) is 0 Å². The maximum atomic E-state index is 9.10. The molecule has 0 saturated heterocycles. The Kier molecular flexibility index (Phi) is 4.30. The Morgan fingerprint density at radius 2 is 1.73 bits per heavy atom. The van der Waals surface area contributed by atoms with Crippen LogP contribution in [0, 0.1) is 0 Å². The first-order chi connectivity index (χ1) is 7.11. The van der Waals surface area contributed by atoms with E-state index in [9.17, 15) is 0 Å². The van der Waals surface area contributed by atoms with E-state index in [0.29, 0.717) is 0 Å². The van der Waals surface area contributed by atoms with E-state index in [1.165, 1.54) is 25.7 Å². The van der Waals surface area contributed by atoms with Crippen molar-refractivity contribution in [2.24, 2.45) is 0 Å². The molecule has 0 atom stereocenters. The molecule has 2 rings (SSSR count). The predicted molar refractivity (Wildman–Crippen MR) is 56.2 cm³/mol. The van der Waals surface area contributed by atoms with Crippen LogP contribution in [-0.2, 0) is 22.4 Å². The second kappa shape index (κ2) is 5.50. The van der Waals surface area contributed by atoms with Crippen LogP contribution in [0.1, 0.15) is 23.3 Å². The lowest BCUT2D eigenvalue weighted by molar-refractivity contribution is -0.159. The zero-order valence-corrected chi connectivity index (χ0v) is 8.92. The van der Waals surface area contributed by atoms with E-state index in [4.69, 9.17) is 19.8 Å². The van der Waals surface area contributed by atoms with Crippen molar-refractivity contribution < 1.29 is 19.8 Å². The van der Waals surface area contributed by atoms with Crippen molar-refractivity contribution >= 4 is 23.3 Å². The van der Waals surface area contributed by atoms with Crippen molar-refractivity contribution in [2.75, 3.05) is 0 Å². The monoisotopic (exact) mass is 228 g/mol. The van der Waals surface area contributed by atoms with E-state index in [0.717, 1.165) is 0 Å². The number of carboxylic acids is 2. The van der Waals surface area contributed by atoms with Crippen LogP contribution in [0.15, 0.2) is 11.4 Å². The average molecular weight is 228 g/mol. The van der Waals surface area contributed by atoms with Crippen LogP contribution >= 0.6 is 11.3 Å². The molecule has 0 saturated carbocycles. The molecule has 0 aliphatic heterocycles. The van der Waals surface area contributed by atoms with Crippen LogP contribution in [0.4, 0.5) is 0 Å². The van der Waals surface area contributed by atoms with Gasteiger partial charge in [0.25, 0.3) is 0 Å². The maximum absolute atomic E-state index is 9.10. The Balaban J connectivity index is 0.000000167. The van der Waals surface area contributed by atoms with Gasteiger partial charge < -0.3 is 10.2 Å². The molecule has 0 unspecified atom stereocenters. The summed E-state index contributed by atoms with van der Waals surface area (Å²) in [6.07, 6.45) is 5.49. The molecular formula is C10H12O4S. The van der Waals surface area contributed by atoms with Gasteiger partial charge in [-0.05, 0) is 42.7 Å². The van der Waals surface area contributed by atoms with Crippen LogP contribution in [0.3, 0.4) is 0 Å². The molecule has 4 nitrogen and oxygen atoms in total. The summed E-state index contributed by atoms with van der Waals surface area (Å²) in [5.74, 6) is -3.65. The van der Waals surface area contributed by atoms with E-state index in [1.54, 1.807) is 10.4 Å². The van der Waals surface area contributed by atoms with Gasteiger partial charge in [0, 0.05) is 4.88 Å². The fourth-order valence-corrected chi connectivity index (χ4v) is 2.39. The second-order valence-electron chi connectivity index (χ2n) is 3.19. The first-order valence-electron chi connectivity index (χ1n) is 4.62. The molecule has 82 valence electrons. The summed E-state index contributed by atoms with van der Waals surface area (Å²) >= 11 is 1.93. The van der Waals surface area contributed by atoms with E-state index in [1.807, 2.05) is 11.3 Å². The molecule has 1 aliphatic carbocycles. The van der Waals surface area contributed by atoms with Crippen LogP contribution in [0.25, 0.3) is 0 Å². The normalized spacial score (nSPS) is 13.3.